The molecule has 1 aliphatic heterocycles. The molecule has 0 aliphatic carbocycles. The van der Waals surface area contributed by atoms with Crippen molar-refractivity contribution in [2.75, 3.05) is 25.6 Å². The van der Waals surface area contributed by atoms with Crippen molar-refractivity contribution in [3.63, 3.8) is 0 Å². The number of azide groups is 1. The molecule has 0 radical (unpaired) electrons. The van der Waals surface area contributed by atoms with Crippen molar-refractivity contribution in [2.45, 2.75) is 24.8 Å². The molecule has 12 heteroatoms. The number of nitrogens with zero attached hydrogens (tertiary/aromatic N) is 8. The smallest absolute Gasteiger partial charge is 0.287 e. The molecule has 5 rings (SSSR count). The Morgan fingerprint density at radius 3 is 2.84 bits per heavy atom. The normalized spacial score (nSPS) is 20.7. The molecule has 0 spiro atoms. The predicted molar refractivity (Wildman–Crippen MR) is 117 cm³/mol. The molecule has 3 aromatic heterocycles. The molecule has 0 bridgehead atoms. The predicted octanol–water partition coefficient (Wildman–Crippen LogP) is 2.06. The van der Waals surface area contributed by atoms with Crippen molar-refractivity contribution >= 4 is 22.6 Å². The van der Waals surface area contributed by atoms with Crippen LogP contribution >= 0.6 is 0 Å². The SMILES string of the molecule is CN(C)c1ccc(-c2cn3c(=O)c4ncn([C@H]5CC(N=[N+]=[N-])[C@@H](CO)O5)c4nc3[nH]2)cc1. The highest BCUT2D eigenvalue weighted by atomic mass is 16.5. The van der Waals surface area contributed by atoms with Crippen LogP contribution in [0.25, 0.3) is 38.6 Å². The summed E-state index contributed by atoms with van der Waals surface area (Å²) in [6.07, 6.45) is 2.35. The summed E-state index contributed by atoms with van der Waals surface area (Å²) in [6, 6.07) is 7.43. The molecule has 164 valence electrons. The lowest BCUT2D eigenvalue weighted by atomic mass is 10.1. The molecule has 4 heterocycles. The van der Waals surface area contributed by atoms with Gasteiger partial charge in [-0.25, -0.2) is 9.38 Å². The molecule has 4 aromatic rings. The molecular weight excluding hydrogens is 414 g/mol. The van der Waals surface area contributed by atoms with Crippen LogP contribution in [-0.2, 0) is 4.74 Å². The lowest BCUT2D eigenvalue weighted by molar-refractivity contribution is -0.0232. The number of hydrogen-bond donors (Lipinski definition) is 2. The molecule has 2 N–H and O–H groups in total. The maximum Gasteiger partial charge on any atom is 0.287 e. The van der Waals surface area contributed by atoms with Crippen molar-refractivity contribution in [1.29, 1.82) is 0 Å². The molecule has 1 fully saturated rings. The maximum absolute atomic E-state index is 13.1. The van der Waals surface area contributed by atoms with Gasteiger partial charge in [0.1, 0.15) is 6.23 Å². The van der Waals surface area contributed by atoms with Crippen molar-refractivity contribution in [3.8, 4) is 11.3 Å². The van der Waals surface area contributed by atoms with Crippen LogP contribution in [0.5, 0.6) is 0 Å². The highest BCUT2D eigenvalue weighted by Gasteiger charge is 2.36. The maximum atomic E-state index is 13.1. The van der Waals surface area contributed by atoms with Crippen LogP contribution in [0.3, 0.4) is 0 Å². The second-order valence-corrected chi connectivity index (χ2v) is 7.86. The number of anilines is 1. The summed E-state index contributed by atoms with van der Waals surface area (Å²) in [5.41, 5.74) is 11.8. The zero-order valence-corrected chi connectivity index (χ0v) is 17.5. The van der Waals surface area contributed by atoms with Crippen LogP contribution in [0, 0.1) is 0 Å². The Morgan fingerprint density at radius 2 is 2.16 bits per heavy atom. The number of aromatic nitrogens is 5. The van der Waals surface area contributed by atoms with Crippen molar-refractivity contribution in [2.24, 2.45) is 5.11 Å². The molecule has 3 atom stereocenters. The van der Waals surface area contributed by atoms with Gasteiger partial charge in [-0.15, -0.1) is 0 Å². The van der Waals surface area contributed by atoms with Crippen molar-refractivity contribution in [1.82, 2.24) is 23.9 Å². The van der Waals surface area contributed by atoms with E-state index in [2.05, 4.69) is 25.0 Å². The van der Waals surface area contributed by atoms with E-state index in [-0.39, 0.29) is 17.7 Å². The molecular formula is C20H21N9O3. The number of rotatable bonds is 5. The van der Waals surface area contributed by atoms with Crippen LogP contribution in [0.1, 0.15) is 12.6 Å². The number of hydrogen-bond acceptors (Lipinski definition) is 7. The van der Waals surface area contributed by atoms with E-state index in [0.717, 1.165) is 16.9 Å². The molecule has 0 amide bonds. The van der Waals surface area contributed by atoms with Gasteiger partial charge in [0.2, 0.25) is 5.78 Å². The number of nitrogens with one attached hydrogen (secondary N) is 1. The number of aromatic amines is 1. The summed E-state index contributed by atoms with van der Waals surface area (Å²) < 4.78 is 8.90. The molecule has 32 heavy (non-hydrogen) atoms. The van der Waals surface area contributed by atoms with Gasteiger partial charge in [-0.1, -0.05) is 17.2 Å². The molecule has 1 aliphatic rings. The highest BCUT2D eigenvalue weighted by Crippen LogP contribution is 2.32. The van der Waals surface area contributed by atoms with Gasteiger partial charge in [0, 0.05) is 37.3 Å². The summed E-state index contributed by atoms with van der Waals surface area (Å²) in [7, 11) is 3.95. The fourth-order valence-electron chi connectivity index (χ4n) is 4.01. The molecule has 1 aromatic carbocycles. The van der Waals surface area contributed by atoms with Gasteiger partial charge in [0.25, 0.3) is 5.56 Å². The first-order chi connectivity index (χ1) is 15.5. The van der Waals surface area contributed by atoms with Crippen LogP contribution in [-0.4, -0.2) is 61.9 Å². The van der Waals surface area contributed by atoms with Crippen LogP contribution < -0.4 is 10.5 Å². The molecule has 1 unspecified atom stereocenters. The summed E-state index contributed by atoms with van der Waals surface area (Å²) in [4.78, 5) is 30.0. The Balaban J connectivity index is 1.56. The third-order valence-electron chi connectivity index (χ3n) is 5.72. The monoisotopic (exact) mass is 435 g/mol. The Labute approximate surface area is 181 Å². The number of H-pyrrole nitrogens is 1. The fourth-order valence-corrected chi connectivity index (χ4v) is 4.01. The first kappa shape index (κ1) is 20.1. The number of imidazole rings is 2. The summed E-state index contributed by atoms with van der Waals surface area (Å²) in [6.45, 7) is -0.278. The van der Waals surface area contributed by atoms with Gasteiger partial charge in [-0.2, -0.15) is 4.98 Å². The number of aliphatic hydroxyl groups excluding tert-OH is 1. The number of aliphatic hydroxyl groups is 1. The van der Waals surface area contributed by atoms with Gasteiger partial charge in [0.05, 0.1) is 30.8 Å². The highest BCUT2D eigenvalue weighted by molar-refractivity contribution is 5.73. The van der Waals surface area contributed by atoms with E-state index in [4.69, 9.17) is 10.3 Å². The second-order valence-electron chi connectivity index (χ2n) is 7.86. The second kappa shape index (κ2) is 7.68. The molecule has 12 nitrogen and oxygen atoms in total. The van der Waals surface area contributed by atoms with E-state index in [0.29, 0.717) is 17.8 Å². The Hall–Kier alpha value is -3.86. The summed E-state index contributed by atoms with van der Waals surface area (Å²) in [5, 5.41) is 13.2. The zero-order valence-electron chi connectivity index (χ0n) is 17.5. The van der Waals surface area contributed by atoms with E-state index in [9.17, 15) is 9.90 Å². The number of fused-ring (bicyclic) bond motifs is 2. The van der Waals surface area contributed by atoms with Crippen molar-refractivity contribution in [3.05, 3.63) is 57.6 Å². The fraction of sp³-hybridized carbons (Fsp3) is 0.350. The van der Waals surface area contributed by atoms with E-state index in [1.165, 1.54) is 10.7 Å². The zero-order chi connectivity index (χ0) is 22.4. The summed E-state index contributed by atoms with van der Waals surface area (Å²) in [5.74, 6) is 0.374. The average molecular weight is 435 g/mol. The van der Waals surface area contributed by atoms with E-state index in [1.807, 2.05) is 43.3 Å². The minimum Gasteiger partial charge on any atom is -0.394 e. The minimum absolute atomic E-state index is 0.201. The Bertz CT molecular complexity index is 1400. The standard InChI is InChI=1S/C20H21N9O3/c1-27(2)12-5-3-11(4-6-12)14-8-28-19(31)17-18(24-20(28)23-14)29(10-22-17)16-7-13(25-26-21)15(9-30)32-16/h3-6,8,10,13,15-16,30H,7,9H2,1-2H3,(H,23,24)/t13?,15-,16-/m1/s1. The minimum atomic E-state index is -0.625. The van der Waals surface area contributed by atoms with Gasteiger partial charge >= 0.3 is 0 Å². The number of benzene rings is 1. The quantitative estimate of drug-likeness (QED) is 0.278. The molecule has 1 saturated heterocycles. The first-order valence-electron chi connectivity index (χ1n) is 10.1. The van der Waals surface area contributed by atoms with Gasteiger partial charge < -0.3 is 19.7 Å². The largest absolute Gasteiger partial charge is 0.394 e. The van der Waals surface area contributed by atoms with Gasteiger partial charge in [-0.05, 0) is 23.2 Å². The third-order valence-corrected chi connectivity index (χ3v) is 5.72. The topological polar surface area (TPSA) is 149 Å². The van der Waals surface area contributed by atoms with Crippen LogP contribution in [0.15, 0.2) is 46.7 Å². The Kier molecular flexibility index (Phi) is 4.82. The first-order valence-corrected chi connectivity index (χ1v) is 10.1. The van der Waals surface area contributed by atoms with Crippen molar-refractivity contribution < 1.29 is 9.84 Å². The average Bonchev–Trinajstić information content (AvgIpc) is 3.51. The van der Waals surface area contributed by atoms with Gasteiger partial charge in [-0.3, -0.25) is 9.36 Å². The van der Waals surface area contributed by atoms with Crippen LogP contribution in [0.2, 0.25) is 0 Å². The lowest BCUT2D eigenvalue weighted by Gasteiger charge is -2.13. The van der Waals surface area contributed by atoms with E-state index >= 15 is 0 Å². The number of ether oxygens (including phenoxy) is 1. The van der Waals surface area contributed by atoms with E-state index in [1.54, 1.807) is 10.8 Å². The third kappa shape index (κ3) is 3.17. The van der Waals surface area contributed by atoms with Crippen LogP contribution in [0.4, 0.5) is 5.69 Å². The van der Waals surface area contributed by atoms with Gasteiger partial charge in [0.15, 0.2) is 11.2 Å². The molecule has 0 saturated carbocycles. The lowest BCUT2D eigenvalue weighted by Crippen LogP contribution is -2.23. The summed E-state index contributed by atoms with van der Waals surface area (Å²) >= 11 is 0. The Morgan fingerprint density at radius 1 is 1.38 bits per heavy atom. The van der Waals surface area contributed by atoms with E-state index < -0.39 is 18.4 Å².